The number of hydrazine groups is 2. The SMILES string of the molecule is CC(C)N1NN(C(C)C)c2c(Nc3ccc(Cl)cc3)nc(NC3CCC(N)CC3)nc21. The van der Waals surface area contributed by atoms with Crippen LogP contribution in [0.15, 0.2) is 24.3 Å². The molecule has 1 fully saturated rings. The number of aromatic nitrogens is 2. The smallest absolute Gasteiger partial charge is 0.227 e. The largest absolute Gasteiger partial charge is 0.351 e. The maximum absolute atomic E-state index is 6.08. The van der Waals surface area contributed by atoms with Crippen LogP contribution in [0, 0.1) is 0 Å². The number of halogens is 1. The average Bonchev–Trinajstić information content (AvgIpc) is 3.12. The van der Waals surface area contributed by atoms with E-state index >= 15 is 0 Å². The van der Waals surface area contributed by atoms with Gasteiger partial charge in [0.05, 0.1) is 0 Å². The molecule has 1 aromatic carbocycles. The lowest BCUT2D eigenvalue weighted by Gasteiger charge is -2.27. The van der Waals surface area contributed by atoms with Gasteiger partial charge in [-0.2, -0.15) is 9.97 Å². The van der Waals surface area contributed by atoms with Gasteiger partial charge in [-0.05, 0) is 77.6 Å². The Morgan fingerprint density at radius 3 is 2.26 bits per heavy atom. The maximum Gasteiger partial charge on any atom is 0.227 e. The quantitative estimate of drug-likeness (QED) is 0.520. The summed E-state index contributed by atoms with van der Waals surface area (Å²) in [6, 6.07) is 8.73. The average molecular weight is 445 g/mol. The molecule has 2 heterocycles. The van der Waals surface area contributed by atoms with Gasteiger partial charge >= 0.3 is 0 Å². The maximum atomic E-state index is 6.08. The van der Waals surface area contributed by atoms with Crippen molar-refractivity contribution >= 4 is 40.6 Å². The van der Waals surface area contributed by atoms with E-state index in [-0.39, 0.29) is 12.1 Å². The van der Waals surface area contributed by atoms with Crippen LogP contribution in [0.5, 0.6) is 0 Å². The summed E-state index contributed by atoms with van der Waals surface area (Å²) < 4.78 is 0. The topological polar surface area (TPSA) is 94.4 Å². The summed E-state index contributed by atoms with van der Waals surface area (Å²) in [5.41, 5.74) is 11.4. The fraction of sp³-hybridized carbons (Fsp3) is 0.545. The van der Waals surface area contributed by atoms with E-state index < -0.39 is 0 Å². The van der Waals surface area contributed by atoms with E-state index in [4.69, 9.17) is 27.3 Å². The minimum atomic E-state index is 0.218. The number of hydrogen-bond donors (Lipinski definition) is 4. The highest BCUT2D eigenvalue weighted by molar-refractivity contribution is 6.30. The molecule has 0 amide bonds. The van der Waals surface area contributed by atoms with Crippen molar-refractivity contribution in [3.8, 4) is 0 Å². The van der Waals surface area contributed by atoms with Crippen molar-refractivity contribution in [2.24, 2.45) is 5.73 Å². The van der Waals surface area contributed by atoms with E-state index in [1.165, 1.54) is 0 Å². The molecule has 1 saturated carbocycles. The zero-order valence-electron chi connectivity index (χ0n) is 18.7. The number of nitrogens with two attached hydrogens (primary N) is 1. The molecule has 5 N–H and O–H groups in total. The van der Waals surface area contributed by atoms with Crippen molar-refractivity contribution < 1.29 is 0 Å². The Balaban J connectivity index is 1.72. The van der Waals surface area contributed by atoms with Crippen LogP contribution >= 0.6 is 11.6 Å². The highest BCUT2D eigenvalue weighted by Crippen LogP contribution is 2.41. The van der Waals surface area contributed by atoms with Crippen molar-refractivity contribution in [1.29, 1.82) is 0 Å². The first-order chi connectivity index (χ1) is 14.8. The Bertz CT molecular complexity index is 893. The van der Waals surface area contributed by atoms with Crippen LogP contribution in [-0.2, 0) is 0 Å². The Labute approximate surface area is 189 Å². The van der Waals surface area contributed by atoms with Gasteiger partial charge in [0, 0.05) is 34.9 Å². The summed E-state index contributed by atoms with van der Waals surface area (Å²) in [6.45, 7) is 8.57. The van der Waals surface area contributed by atoms with E-state index in [0.29, 0.717) is 23.1 Å². The normalized spacial score (nSPS) is 21.0. The van der Waals surface area contributed by atoms with Crippen LogP contribution in [0.3, 0.4) is 0 Å². The van der Waals surface area contributed by atoms with Gasteiger partial charge in [0.1, 0.15) is 5.69 Å². The Kier molecular flexibility index (Phi) is 6.41. The van der Waals surface area contributed by atoms with Crippen molar-refractivity contribution in [1.82, 2.24) is 15.5 Å². The Hall–Kier alpha value is -2.29. The lowest BCUT2D eigenvalue weighted by atomic mass is 9.92. The third kappa shape index (κ3) is 4.81. The van der Waals surface area contributed by atoms with Crippen molar-refractivity contribution in [3.63, 3.8) is 0 Å². The predicted octanol–water partition coefficient (Wildman–Crippen LogP) is 4.42. The molecule has 4 rings (SSSR count). The number of rotatable bonds is 6. The summed E-state index contributed by atoms with van der Waals surface area (Å²) in [4.78, 5) is 9.82. The number of hydrogen-bond acceptors (Lipinski definition) is 8. The van der Waals surface area contributed by atoms with E-state index in [1.807, 2.05) is 24.3 Å². The zero-order valence-corrected chi connectivity index (χ0v) is 19.4. The summed E-state index contributed by atoms with van der Waals surface area (Å²) in [6.07, 6.45) is 4.12. The Morgan fingerprint density at radius 2 is 1.65 bits per heavy atom. The molecule has 0 spiro atoms. The summed E-state index contributed by atoms with van der Waals surface area (Å²) >= 11 is 6.07. The van der Waals surface area contributed by atoms with Gasteiger partial charge in [-0.1, -0.05) is 11.6 Å². The van der Waals surface area contributed by atoms with Crippen LogP contribution in [0.4, 0.5) is 29.0 Å². The molecule has 1 aliphatic carbocycles. The first kappa shape index (κ1) is 21.9. The van der Waals surface area contributed by atoms with Gasteiger partial charge in [-0.25, -0.2) is 0 Å². The first-order valence-corrected chi connectivity index (χ1v) is 11.5. The van der Waals surface area contributed by atoms with E-state index in [9.17, 15) is 0 Å². The van der Waals surface area contributed by atoms with Gasteiger partial charge in [-0.15, -0.1) is 5.53 Å². The summed E-state index contributed by atoms with van der Waals surface area (Å²) in [5, 5.41) is 11.9. The highest BCUT2D eigenvalue weighted by Gasteiger charge is 2.35. The number of nitrogens with zero attached hydrogens (tertiary/aromatic N) is 4. The standard InChI is InChI=1S/C22H33ClN8/c1-13(2)30-19-20(25-17-9-5-15(23)6-10-17)27-22(26-18-11-7-16(24)8-12-18)28-21(19)31(29-30)14(3)4/h5-6,9-10,13-14,16,18,29H,7-8,11-12,24H2,1-4H3,(H2,25,26,27,28). The molecule has 0 atom stereocenters. The van der Waals surface area contributed by atoms with Gasteiger partial charge in [-0.3, -0.25) is 10.0 Å². The second kappa shape index (κ2) is 9.06. The molecule has 2 aromatic rings. The molecule has 168 valence electrons. The second-order valence-electron chi connectivity index (χ2n) is 8.98. The number of nitrogens with one attached hydrogen (secondary N) is 3. The number of fused-ring (bicyclic) bond motifs is 1. The fourth-order valence-corrected chi connectivity index (χ4v) is 4.17. The molecule has 1 aliphatic heterocycles. The van der Waals surface area contributed by atoms with Crippen LogP contribution in [0.25, 0.3) is 0 Å². The molecule has 8 nitrogen and oxygen atoms in total. The molecule has 0 saturated heterocycles. The fourth-order valence-electron chi connectivity index (χ4n) is 4.05. The van der Waals surface area contributed by atoms with Gasteiger partial charge in [0.2, 0.25) is 5.95 Å². The van der Waals surface area contributed by atoms with Gasteiger partial charge in [0.25, 0.3) is 0 Å². The molecular weight excluding hydrogens is 412 g/mol. The van der Waals surface area contributed by atoms with Gasteiger partial charge in [0.15, 0.2) is 11.6 Å². The summed E-state index contributed by atoms with van der Waals surface area (Å²) in [7, 11) is 0. The summed E-state index contributed by atoms with van der Waals surface area (Å²) in [5.74, 6) is 2.26. The van der Waals surface area contributed by atoms with Crippen LogP contribution in [0.1, 0.15) is 53.4 Å². The molecule has 0 unspecified atom stereocenters. The van der Waals surface area contributed by atoms with E-state index in [1.54, 1.807) is 0 Å². The van der Waals surface area contributed by atoms with E-state index in [0.717, 1.165) is 48.7 Å². The molecule has 0 bridgehead atoms. The molecule has 9 heteroatoms. The van der Waals surface area contributed by atoms with Crippen molar-refractivity contribution in [2.75, 3.05) is 20.7 Å². The molecule has 31 heavy (non-hydrogen) atoms. The molecule has 1 aromatic heterocycles. The second-order valence-corrected chi connectivity index (χ2v) is 9.42. The van der Waals surface area contributed by atoms with Crippen LogP contribution in [0.2, 0.25) is 5.02 Å². The number of anilines is 5. The zero-order chi connectivity index (χ0) is 22.1. The van der Waals surface area contributed by atoms with Crippen LogP contribution in [-0.4, -0.2) is 34.1 Å². The van der Waals surface area contributed by atoms with Crippen molar-refractivity contribution in [3.05, 3.63) is 29.3 Å². The van der Waals surface area contributed by atoms with E-state index in [2.05, 4.69) is 53.9 Å². The lowest BCUT2D eigenvalue weighted by molar-refractivity contribution is 0.410. The highest BCUT2D eigenvalue weighted by atomic mass is 35.5. The van der Waals surface area contributed by atoms with Crippen LogP contribution < -0.4 is 31.9 Å². The minimum Gasteiger partial charge on any atom is -0.351 e. The molecular formula is C22H33ClN8. The monoisotopic (exact) mass is 444 g/mol. The number of benzene rings is 1. The first-order valence-electron chi connectivity index (χ1n) is 11.1. The third-order valence-corrected chi connectivity index (χ3v) is 6.05. The minimum absolute atomic E-state index is 0.218. The van der Waals surface area contributed by atoms with Gasteiger partial charge < -0.3 is 16.4 Å². The Morgan fingerprint density at radius 1 is 1.00 bits per heavy atom. The molecule has 2 aliphatic rings. The predicted molar refractivity (Wildman–Crippen MR) is 129 cm³/mol. The van der Waals surface area contributed by atoms with Crippen molar-refractivity contribution in [2.45, 2.75) is 77.5 Å². The molecule has 0 radical (unpaired) electrons. The third-order valence-electron chi connectivity index (χ3n) is 5.79. The lowest BCUT2D eigenvalue weighted by Crippen LogP contribution is -2.50.